The van der Waals surface area contributed by atoms with Gasteiger partial charge < -0.3 is 10.2 Å². The molecular weight excluding hydrogens is 303 g/mol. The normalized spacial score (nSPS) is 43.6. The smallest absolute Gasteiger partial charge is 0.115 e. The number of phenolic OH excluding ortho intramolecular Hbond substituents is 1. The van der Waals surface area contributed by atoms with Gasteiger partial charge in [-0.3, -0.25) is 0 Å². The van der Waals surface area contributed by atoms with Crippen LogP contribution in [-0.4, -0.2) is 22.5 Å². The van der Waals surface area contributed by atoms with Crippen LogP contribution in [0.15, 0.2) is 30.9 Å². The summed E-state index contributed by atoms with van der Waals surface area (Å²) < 4.78 is 15.4. The SMILES string of the molecule is C=CC[C@]12CC[C@]3(C)C[C@H](O)C[C@H]3[C@@H]1[C@H](F)Cc1cc(O)ccc12. The zero-order chi connectivity index (χ0) is 17.1. The van der Waals surface area contributed by atoms with E-state index in [0.29, 0.717) is 12.8 Å². The number of fused-ring (bicyclic) bond motifs is 5. The van der Waals surface area contributed by atoms with Gasteiger partial charge in [0.1, 0.15) is 11.9 Å². The Hall–Kier alpha value is -1.35. The molecule has 4 rings (SSSR count). The predicted octanol–water partition coefficient (Wildman–Crippen LogP) is 4.29. The van der Waals surface area contributed by atoms with E-state index >= 15 is 4.39 Å². The third kappa shape index (κ3) is 2.10. The first-order chi connectivity index (χ1) is 11.4. The molecular formula is C21H27FO2. The van der Waals surface area contributed by atoms with Gasteiger partial charge in [0.15, 0.2) is 0 Å². The number of allylic oxidation sites excluding steroid dienone is 1. The standard InChI is InChI=1S/C21H27FO2/c1-3-6-21-8-7-20(2)12-15(24)11-17(20)19(21)18(22)10-13-9-14(23)4-5-16(13)21/h3-5,9,15,17-19,23-24H,1,6-8,10-12H2,2H3/t15-,17+,18-,19-,20-,21-/m1/s1. The van der Waals surface area contributed by atoms with Crippen LogP contribution in [0.3, 0.4) is 0 Å². The quantitative estimate of drug-likeness (QED) is 0.794. The minimum atomic E-state index is -0.922. The number of hydrogen-bond acceptors (Lipinski definition) is 2. The largest absolute Gasteiger partial charge is 0.508 e. The summed E-state index contributed by atoms with van der Waals surface area (Å²) in [6.45, 7) is 6.19. The molecule has 0 radical (unpaired) electrons. The molecule has 2 saturated carbocycles. The van der Waals surface area contributed by atoms with Gasteiger partial charge in [0.25, 0.3) is 0 Å². The van der Waals surface area contributed by atoms with E-state index in [1.54, 1.807) is 12.1 Å². The fraction of sp³-hybridized carbons (Fsp3) is 0.619. The summed E-state index contributed by atoms with van der Waals surface area (Å²) in [5, 5.41) is 20.1. The molecule has 2 N–H and O–H groups in total. The highest BCUT2D eigenvalue weighted by atomic mass is 19.1. The lowest BCUT2D eigenvalue weighted by atomic mass is 9.47. The molecule has 0 amide bonds. The molecule has 3 heteroatoms. The van der Waals surface area contributed by atoms with E-state index in [1.165, 1.54) is 5.56 Å². The van der Waals surface area contributed by atoms with Crippen LogP contribution < -0.4 is 0 Å². The van der Waals surface area contributed by atoms with Crippen molar-refractivity contribution in [2.45, 2.75) is 63.1 Å². The zero-order valence-electron chi connectivity index (χ0n) is 14.3. The number of benzene rings is 1. The van der Waals surface area contributed by atoms with Gasteiger partial charge in [0.05, 0.1) is 6.10 Å². The predicted molar refractivity (Wildman–Crippen MR) is 92.8 cm³/mol. The molecule has 2 nitrogen and oxygen atoms in total. The molecule has 0 bridgehead atoms. The van der Waals surface area contributed by atoms with E-state index in [2.05, 4.69) is 13.5 Å². The summed E-state index contributed by atoms with van der Waals surface area (Å²) in [7, 11) is 0. The van der Waals surface area contributed by atoms with Gasteiger partial charge in [-0.2, -0.15) is 0 Å². The molecule has 1 aromatic carbocycles. The topological polar surface area (TPSA) is 40.5 Å². The lowest BCUT2D eigenvalue weighted by Gasteiger charge is -2.57. The first-order valence-electron chi connectivity index (χ1n) is 9.15. The maximum Gasteiger partial charge on any atom is 0.115 e. The second kappa shape index (κ2) is 5.32. The number of aliphatic hydroxyl groups is 1. The number of rotatable bonds is 2. The van der Waals surface area contributed by atoms with E-state index in [4.69, 9.17) is 0 Å². The Labute approximate surface area is 143 Å². The fourth-order valence-corrected chi connectivity index (χ4v) is 6.37. The van der Waals surface area contributed by atoms with Crippen molar-refractivity contribution in [1.29, 1.82) is 0 Å². The van der Waals surface area contributed by atoms with Crippen LogP contribution in [-0.2, 0) is 11.8 Å². The van der Waals surface area contributed by atoms with Crippen molar-refractivity contribution in [1.82, 2.24) is 0 Å². The first-order valence-corrected chi connectivity index (χ1v) is 9.15. The summed E-state index contributed by atoms with van der Waals surface area (Å²) >= 11 is 0. The van der Waals surface area contributed by atoms with Crippen LogP contribution >= 0.6 is 0 Å². The van der Waals surface area contributed by atoms with Gasteiger partial charge in [0.2, 0.25) is 0 Å². The molecule has 6 atom stereocenters. The van der Waals surface area contributed by atoms with Crippen LogP contribution in [0.2, 0.25) is 0 Å². The first kappa shape index (κ1) is 16.1. The molecule has 3 aliphatic carbocycles. The fourth-order valence-electron chi connectivity index (χ4n) is 6.37. The van der Waals surface area contributed by atoms with Gasteiger partial charge in [-0.25, -0.2) is 4.39 Å². The van der Waals surface area contributed by atoms with E-state index in [0.717, 1.165) is 31.2 Å². The molecule has 24 heavy (non-hydrogen) atoms. The number of halogens is 1. The van der Waals surface area contributed by atoms with Crippen molar-refractivity contribution in [2.24, 2.45) is 17.3 Å². The Morgan fingerprint density at radius 2 is 2.17 bits per heavy atom. The summed E-state index contributed by atoms with van der Waals surface area (Å²) in [6, 6.07) is 5.47. The van der Waals surface area contributed by atoms with Crippen LogP contribution in [0.1, 0.15) is 50.2 Å². The Morgan fingerprint density at radius 1 is 1.38 bits per heavy atom. The van der Waals surface area contributed by atoms with Crippen LogP contribution in [0.5, 0.6) is 5.75 Å². The Kier molecular flexibility index (Phi) is 3.58. The number of hydrogen-bond donors (Lipinski definition) is 2. The summed E-state index contributed by atoms with van der Waals surface area (Å²) in [6.07, 6.45) is 5.31. The van der Waals surface area contributed by atoms with E-state index in [9.17, 15) is 10.2 Å². The monoisotopic (exact) mass is 330 g/mol. The third-order valence-electron chi connectivity index (χ3n) is 7.28. The molecule has 130 valence electrons. The van der Waals surface area contributed by atoms with Crippen molar-refractivity contribution >= 4 is 0 Å². The van der Waals surface area contributed by atoms with Crippen molar-refractivity contribution in [2.75, 3.05) is 0 Å². The summed E-state index contributed by atoms with van der Waals surface area (Å²) in [4.78, 5) is 0. The highest BCUT2D eigenvalue weighted by Crippen LogP contribution is 2.64. The lowest BCUT2D eigenvalue weighted by Crippen LogP contribution is -2.55. The van der Waals surface area contributed by atoms with Gasteiger partial charge in [0, 0.05) is 17.8 Å². The third-order valence-corrected chi connectivity index (χ3v) is 7.28. The molecule has 1 aromatic rings. The number of alkyl halides is 1. The van der Waals surface area contributed by atoms with E-state index in [-0.39, 0.29) is 34.5 Å². The van der Waals surface area contributed by atoms with Crippen molar-refractivity contribution < 1.29 is 14.6 Å². The molecule has 0 unspecified atom stereocenters. The van der Waals surface area contributed by atoms with Gasteiger partial charge in [-0.05, 0) is 66.7 Å². The maximum atomic E-state index is 15.4. The van der Waals surface area contributed by atoms with Crippen molar-refractivity contribution in [3.63, 3.8) is 0 Å². The second-order valence-electron chi connectivity index (χ2n) is 8.59. The van der Waals surface area contributed by atoms with Gasteiger partial charge >= 0.3 is 0 Å². The Bertz CT molecular complexity index is 672. The average Bonchev–Trinajstić information content (AvgIpc) is 2.81. The lowest BCUT2D eigenvalue weighted by molar-refractivity contribution is -0.0363. The van der Waals surface area contributed by atoms with Crippen LogP contribution in [0.25, 0.3) is 0 Å². The highest BCUT2D eigenvalue weighted by Gasteiger charge is 2.61. The number of aliphatic hydroxyl groups excluding tert-OH is 1. The van der Waals surface area contributed by atoms with Gasteiger partial charge in [-0.15, -0.1) is 6.58 Å². The molecule has 0 saturated heterocycles. The maximum absolute atomic E-state index is 15.4. The number of aromatic hydroxyl groups is 1. The van der Waals surface area contributed by atoms with Crippen LogP contribution in [0, 0.1) is 17.3 Å². The van der Waals surface area contributed by atoms with Crippen molar-refractivity contribution in [3.05, 3.63) is 42.0 Å². The Balaban J connectivity index is 1.87. The minimum Gasteiger partial charge on any atom is -0.508 e. The Morgan fingerprint density at radius 3 is 2.92 bits per heavy atom. The summed E-state index contributed by atoms with van der Waals surface area (Å²) in [5.74, 6) is 0.367. The van der Waals surface area contributed by atoms with Gasteiger partial charge in [-0.1, -0.05) is 19.1 Å². The van der Waals surface area contributed by atoms with Crippen LogP contribution in [0.4, 0.5) is 4.39 Å². The summed E-state index contributed by atoms with van der Waals surface area (Å²) in [5.41, 5.74) is 1.95. The van der Waals surface area contributed by atoms with Crippen molar-refractivity contribution in [3.8, 4) is 5.75 Å². The van der Waals surface area contributed by atoms with E-state index in [1.807, 2.05) is 12.1 Å². The molecule has 0 spiro atoms. The number of phenols is 1. The minimum absolute atomic E-state index is 0.0491. The second-order valence-corrected chi connectivity index (χ2v) is 8.59. The zero-order valence-corrected chi connectivity index (χ0v) is 14.3. The molecule has 2 fully saturated rings. The molecule has 0 heterocycles. The molecule has 0 aromatic heterocycles. The molecule has 3 aliphatic rings. The molecule has 0 aliphatic heterocycles. The average molecular weight is 330 g/mol. The highest BCUT2D eigenvalue weighted by molar-refractivity contribution is 5.45. The van der Waals surface area contributed by atoms with E-state index < -0.39 is 6.17 Å².